The van der Waals surface area contributed by atoms with Crippen LogP contribution in [-0.2, 0) is 0 Å². The van der Waals surface area contributed by atoms with Crippen molar-refractivity contribution >= 4 is 43.7 Å². The van der Waals surface area contributed by atoms with Crippen LogP contribution in [0.25, 0.3) is 71.9 Å². The van der Waals surface area contributed by atoms with Crippen molar-refractivity contribution in [2.24, 2.45) is 0 Å². The molecule has 0 spiro atoms. The molecule has 0 unspecified atom stereocenters. The number of rotatable bonds is 3. The molecule has 0 aliphatic rings. The second-order valence-corrected chi connectivity index (χ2v) is 9.62. The van der Waals surface area contributed by atoms with E-state index in [1.54, 1.807) is 0 Å². The van der Waals surface area contributed by atoms with Gasteiger partial charge in [0.1, 0.15) is 17.0 Å². The van der Waals surface area contributed by atoms with Gasteiger partial charge in [0.05, 0.1) is 22.1 Å². The number of benzene rings is 5. The highest BCUT2D eigenvalue weighted by Gasteiger charge is 2.19. The molecule has 3 heteroatoms. The lowest BCUT2D eigenvalue weighted by molar-refractivity contribution is 0.673. The van der Waals surface area contributed by atoms with Gasteiger partial charge in [-0.1, -0.05) is 97.1 Å². The predicted octanol–water partition coefficient (Wildman–Crippen LogP) is 9.41. The molecule has 0 aliphatic carbocycles. The third kappa shape index (κ3) is 3.12. The summed E-state index contributed by atoms with van der Waals surface area (Å²) in [5, 5.41) is 4.53. The number of para-hydroxylation sites is 2. The average Bonchev–Trinajstić information content (AvgIpc) is 3.53. The third-order valence-electron chi connectivity index (χ3n) is 7.40. The molecule has 3 aromatic heterocycles. The van der Waals surface area contributed by atoms with Crippen LogP contribution in [0.5, 0.6) is 0 Å². The van der Waals surface area contributed by atoms with Gasteiger partial charge in [-0.25, -0.2) is 4.98 Å². The summed E-state index contributed by atoms with van der Waals surface area (Å²) in [7, 11) is 0. The standard InChI is InChI=1S/C35H22N2O/c1-3-11-23(12-4-1)25-21-29(24-13-5-2-6-14-24)36-33(22-25)37-30-17-9-7-16-28(30)34-31(37)20-19-27-26-15-8-10-18-32(26)38-35(27)34/h1-22H. The molecule has 0 amide bonds. The highest BCUT2D eigenvalue weighted by molar-refractivity contribution is 6.23. The SMILES string of the molecule is c1ccc(-c2cc(-c3ccccc3)nc(-n3c4ccccc4c4c5oc6ccccc6c5ccc43)c2)cc1. The molecule has 0 fully saturated rings. The molecule has 0 aliphatic heterocycles. The highest BCUT2D eigenvalue weighted by Crippen LogP contribution is 2.40. The van der Waals surface area contributed by atoms with Gasteiger partial charge < -0.3 is 4.42 Å². The van der Waals surface area contributed by atoms with E-state index in [9.17, 15) is 0 Å². The lowest BCUT2D eigenvalue weighted by Gasteiger charge is -2.13. The van der Waals surface area contributed by atoms with Gasteiger partial charge in [-0.15, -0.1) is 0 Å². The summed E-state index contributed by atoms with van der Waals surface area (Å²) in [6.45, 7) is 0. The van der Waals surface area contributed by atoms with Gasteiger partial charge >= 0.3 is 0 Å². The normalized spacial score (nSPS) is 11.7. The minimum atomic E-state index is 0.881. The molecular weight excluding hydrogens is 464 g/mol. The molecule has 0 bridgehead atoms. The van der Waals surface area contributed by atoms with Crippen LogP contribution in [0, 0.1) is 0 Å². The molecule has 8 aromatic rings. The number of pyridine rings is 1. The zero-order valence-corrected chi connectivity index (χ0v) is 20.5. The molecule has 0 saturated carbocycles. The van der Waals surface area contributed by atoms with E-state index in [1.165, 1.54) is 0 Å². The zero-order chi connectivity index (χ0) is 25.1. The summed E-state index contributed by atoms with van der Waals surface area (Å²) in [6.07, 6.45) is 0. The maximum absolute atomic E-state index is 6.48. The van der Waals surface area contributed by atoms with E-state index in [4.69, 9.17) is 9.40 Å². The number of furan rings is 1. The second kappa shape index (κ2) is 8.19. The van der Waals surface area contributed by atoms with Crippen molar-refractivity contribution < 1.29 is 4.42 Å². The van der Waals surface area contributed by atoms with E-state index in [0.717, 1.165) is 71.9 Å². The van der Waals surface area contributed by atoms with E-state index < -0.39 is 0 Å². The van der Waals surface area contributed by atoms with E-state index >= 15 is 0 Å². The first-order valence-electron chi connectivity index (χ1n) is 12.8. The Hall–Kier alpha value is -5.15. The van der Waals surface area contributed by atoms with E-state index in [-0.39, 0.29) is 0 Å². The van der Waals surface area contributed by atoms with Crippen LogP contribution >= 0.6 is 0 Å². The van der Waals surface area contributed by atoms with Crippen molar-refractivity contribution in [1.82, 2.24) is 9.55 Å². The number of aromatic nitrogens is 2. The van der Waals surface area contributed by atoms with Crippen LogP contribution in [-0.4, -0.2) is 9.55 Å². The molecule has 0 N–H and O–H groups in total. The van der Waals surface area contributed by atoms with Gasteiger partial charge in [0, 0.05) is 21.7 Å². The van der Waals surface area contributed by atoms with Crippen LogP contribution in [0.15, 0.2) is 138 Å². The fourth-order valence-corrected chi connectivity index (χ4v) is 5.67. The quantitative estimate of drug-likeness (QED) is 0.249. The topological polar surface area (TPSA) is 31.0 Å². The first kappa shape index (κ1) is 21.0. The van der Waals surface area contributed by atoms with Gasteiger partial charge in [0.25, 0.3) is 0 Å². The van der Waals surface area contributed by atoms with Gasteiger partial charge in [-0.05, 0) is 47.5 Å². The molecule has 0 radical (unpaired) electrons. The van der Waals surface area contributed by atoms with E-state index in [1.807, 2.05) is 18.2 Å². The molecule has 0 saturated heterocycles. The Bertz CT molecular complexity index is 2060. The summed E-state index contributed by atoms with van der Waals surface area (Å²) < 4.78 is 8.75. The first-order valence-corrected chi connectivity index (χ1v) is 12.8. The van der Waals surface area contributed by atoms with Crippen molar-refractivity contribution in [1.29, 1.82) is 0 Å². The predicted molar refractivity (Wildman–Crippen MR) is 157 cm³/mol. The molecule has 5 aromatic carbocycles. The Morgan fingerprint density at radius 1 is 0.500 bits per heavy atom. The van der Waals surface area contributed by atoms with Crippen LogP contribution in [0.3, 0.4) is 0 Å². The molecule has 0 atom stereocenters. The van der Waals surface area contributed by atoms with Crippen LogP contribution in [0.2, 0.25) is 0 Å². The fraction of sp³-hybridized carbons (Fsp3) is 0. The van der Waals surface area contributed by atoms with Crippen molar-refractivity contribution in [3.8, 4) is 28.2 Å². The van der Waals surface area contributed by atoms with Crippen LogP contribution in [0.4, 0.5) is 0 Å². The van der Waals surface area contributed by atoms with Gasteiger partial charge in [-0.2, -0.15) is 0 Å². The smallest absolute Gasteiger partial charge is 0.145 e. The number of fused-ring (bicyclic) bond motifs is 7. The molecule has 8 rings (SSSR count). The Labute approximate surface area is 219 Å². The summed E-state index contributed by atoms with van der Waals surface area (Å²) in [5.74, 6) is 0.881. The van der Waals surface area contributed by atoms with E-state index in [0.29, 0.717) is 0 Å². The lowest BCUT2D eigenvalue weighted by atomic mass is 10.0. The minimum absolute atomic E-state index is 0.881. The maximum atomic E-state index is 6.48. The molecule has 3 heterocycles. The Kier molecular flexibility index (Phi) is 4.52. The van der Waals surface area contributed by atoms with E-state index in [2.05, 4.69) is 120 Å². The van der Waals surface area contributed by atoms with Crippen LogP contribution < -0.4 is 0 Å². The summed E-state index contributed by atoms with van der Waals surface area (Å²) in [5.41, 5.74) is 8.33. The largest absolute Gasteiger partial charge is 0.455 e. The van der Waals surface area contributed by atoms with Crippen LogP contribution in [0.1, 0.15) is 0 Å². The Balaban J connectivity index is 1.49. The van der Waals surface area contributed by atoms with Gasteiger partial charge in [0.2, 0.25) is 0 Å². The number of hydrogen-bond acceptors (Lipinski definition) is 2. The number of hydrogen-bond donors (Lipinski definition) is 0. The summed E-state index contributed by atoms with van der Waals surface area (Å²) in [6, 6.07) is 46.4. The Morgan fingerprint density at radius 2 is 1.18 bits per heavy atom. The third-order valence-corrected chi connectivity index (χ3v) is 7.40. The lowest BCUT2D eigenvalue weighted by Crippen LogP contribution is -2.00. The van der Waals surface area contributed by atoms with Crippen molar-refractivity contribution in [3.63, 3.8) is 0 Å². The highest BCUT2D eigenvalue weighted by atomic mass is 16.3. The van der Waals surface area contributed by atoms with Crippen molar-refractivity contribution in [3.05, 3.63) is 133 Å². The summed E-state index contributed by atoms with van der Waals surface area (Å²) in [4.78, 5) is 5.23. The molecule has 3 nitrogen and oxygen atoms in total. The molecule has 178 valence electrons. The van der Waals surface area contributed by atoms with Crippen molar-refractivity contribution in [2.75, 3.05) is 0 Å². The van der Waals surface area contributed by atoms with Gasteiger partial charge in [-0.3, -0.25) is 4.57 Å². The number of nitrogens with zero attached hydrogens (tertiary/aromatic N) is 2. The fourth-order valence-electron chi connectivity index (χ4n) is 5.67. The maximum Gasteiger partial charge on any atom is 0.145 e. The molecule has 38 heavy (non-hydrogen) atoms. The average molecular weight is 487 g/mol. The minimum Gasteiger partial charge on any atom is -0.455 e. The van der Waals surface area contributed by atoms with Crippen molar-refractivity contribution in [2.45, 2.75) is 0 Å². The Morgan fingerprint density at radius 3 is 2.00 bits per heavy atom. The second-order valence-electron chi connectivity index (χ2n) is 9.62. The monoisotopic (exact) mass is 486 g/mol. The first-order chi connectivity index (χ1) is 18.8. The summed E-state index contributed by atoms with van der Waals surface area (Å²) >= 11 is 0. The van der Waals surface area contributed by atoms with Gasteiger partial charge in [0.15, 0.2) is 0 Å². The zero-order valence-electron chi connectivity index (χ0n) is 20.5. The molecular formula is C35H22N2O.